The molecule has 2 aromatic carbocycles. The maximum Gasteiger partial charge on any atom is 0.185 e. The number of benzene rings is 2. The highest BCUT2D eigenvalue weighted by Crippen LogP contribution is 2.20. The maximum absolute atomic E-state index is 13.5. The van der Waals surface area contributed by atoms with Crippen LogP contribution in [-0.2, 0) is 15.6 Å². The van der Waals surface area contributed by atoms with Crippen LogP contribution >= 0.6 is 0 Å². The number of hydrogen-bond acceptors (Lipinski definition) is 3. The van der Waals surface area contributed by atoms with Gasteiger partial charge < -0.3 is 0 Å². The predicted molar refractivity (Wildman–Crippen MR) is 68.4 cm³/mol. The fourth-order valence-corrected chi connectivity index (χ4v) is 3.17. The Kier molecular flexibility index (Phi) is 3.81. The zero-order chi connectivity index (χ0) is 14.8. The Balaban J connectivity index is 2.39. The lowest BCUT2D eigenvalue weighted by molar-refractivity contribution is 0.566. The summed E-state index contributed by atoms with van der Waals surface area (Å²) in [5.74, 6) is -2.06. The summed E-state index contributed by atoms with van der Waals surface area (Å²) >= 11 is 0. The van der Waals surface area contributed by atoms with E-state index in [1.165, 1.54) is 24.3 Å². The molecule has 0 amide bonds. The lowest BCUT2D eigenvalue weighted by atomic mass is 10.1. The molecule has 20 heavy (non-hydrogen) atoms. The molecule has 0 N–H and O–H groups in total. The molecule has 0 atom stereocenters. The highest BCUT2D eigenvalue weighted by Gasteiger charge is 2.19. The molecule has 0 saturated carbocycles. The van der Waals surface area contributed by atoms with Crippen LogP contribution in [0.2, 0.25) is 0 Å². The first-order valence-corrected chi connectivity index (χ1v) is 7.25. The third-order valence-corrected chi connectivity index (χ3v) is 4.39. The second-order valence-corrected chi connectivity index (χ2v) is 6.07. The van der Waals surface area contributed by atoms with Crippen molar-refractivity contribution in [3.63, 3.8) is 0 Å². The third kappa shape index (κ3) is 2.83. The number of nitriles is 1. The molecule has 0 saturated heterocycles. The summed E-state index contributed by atoms with van der Waals surface area (Å²) in [4.78, 5) is -0.414. The lowest BCUT2D eigenvalue weighted by Gasteiger charge is -2.06. The average molecular weight is 293 g/mol. The van der Waals surface area contributed by atoms with E-state index >= 15 is 0 Å². The highest BCUT2D eigenvalue weighted by atomic mass is 32.2. The first kappa shape index (κ1) is 14.2. The van der Waals surface area contributed by atoms with Crippen molar-refractivity contribution in [1.82, 2.24) is 0 Å². The summed E-state index contributed by atoms with van der Waals surface area (Å²) in [7, 11) is -3.89. The van der Waals surface area contributed by atoms with Crippen molar-refractivity contribution in [2.45, 2.75) is 10.6 Å². The van der Waals surface area contributed by atoms with E-state index in [1.54, 1.807) is 6.07 Å². The van der Waals surface area contributed by atoms with Gasteiger partial charge in [-0.2, -0.15) is 5.26 Å². The van der Waals surface area contributed by atoms with Crippen LogP contribution in [0.15, 0.2) is 47.4 Å². The van der Waals surface area contributed by atoms with E-state index in [9.17, 15) is 17.2 Å². The minimum Gasteiger partial charge on any atom is -0.223 e. The smallest absolute Gasteiger partial charge is 0.185 e. The second-order valence-electron chi connectivity index (χ2n) is 4.12. The Morgan fingerprint density at radius 3 is 2.40 bits per heavy atom. The molecule has 0 heterocycles. The summed E-state index contributed by atoms with van der Waals surface area (Å²) in [6, 6.07) is 10.1. The van der Waals surface area contributed by atoms with Crippen LogP contribution in [0.1, 0.15) is 11.1 Å². The van der Waals surface area contributed by atoms with Crippen molar-refractivity contribution in [3.8, 4) is 6.07 Å². The van der Waals surface area contributed by atoms with E-state index in [4.69, 9.17) is 5.26 Å². The summed E-state index contributed by atoms with van der Waals surface area (Å²) < 4.78 is 50.8. The Bertz CT molecular complexity index is 795. The molecule has 0 aliphatic rings. The van der Waals surface area contributed by atoms with Crippen molar-refractivity contribution in [3.05, 3.63) is 65.2 Å². The van der Waals surface area contributed by atoms with Gasteiger partial charge in [-0.1, -0.05) is 18.2 Å². The first-order valence-electron chi connectivity index (χ1n) is 5.60. The zero-order valence-corrected chi connectivity index (χ0v) is 11.0. The predicted octanol–water partition coefficient (Wildman–Crippen LogP) is 2.81. The lowest BCUT2D eigenvalue weighted by Crippen LogP contribution is -2.07. The minimum atomic E-state index is -3.89. The van der Waals surface area contributed by atoms with Gasteiger partial charge in [0.15, 0.2) is 9.84 Å². The SMILES string of the molecule is N#Cc1cc(CS(=O)(=O)c2ccccc2F)ccc1F. The van der Waals surface area contributed by atoms with E-state index in [1.807, 2.05) is 0 Å². The molecule has 0 aliphatic carbocycles. The van der Waals surface area contributed by atoms with Crippen molar-refractivity contribution < 1.29 is 17.2 Å². The second kappa shape index (κ2) is 5.39. The van der Waals surface area contributed by atoms with Gasteiger partial charge in [0.05, 0.1) is 11.3 Å². The Hall–Kier alpha value is -2.26. The molecule has 3 nitrogen and oxygen atoms in total. The summed E-state index contributed by atoms with van der Waals surface area (Å²) in [5, 5.41) is 8.70. The number of hydrogen-bond donors (Lipinski definition) is 0. The van der Waals surface area contributed by atoms with E-state index in [-0.39, 0.29) is 11.1 Å². The van der Waals surface area contributed by atoms with Crippen LogP contribution in [0.3, 0.4) is 0 Å². The summed E-state index contributed by atoms with van der Waals surface area (Å²) in [5.41, 5.74) is -0.0163. The van der Waals surface area contributed by atoms with E-state index < -0.39 is 32.1 Å². The van der Waals surface area contributed by atoms with Crippen LogP contribution in [-0.4, -0.2) is 8.42 Å². The normalized spacial score (nSPS) is 11.1. The van der Waals surface area contributed by atoms with Crippen LogP contribution < -0.4 is 0 Å². The zero-order valence-electron chi connectivity index (χ0n) is 10.2. The Labute approximate surface area is 115 Å². The maximum atomic E-state index is 13.5. The average Bonchev–Trinajstić information content (AvgIpc) is 2.41. The molecule has 2 aromatic rings. The van der Waals surface area contributed by atoms with Gasteiger partial charge in [0.1, 0.15) is 22.6 Å². The van der Waals surface area contributed by atoms with Crippen molar-refractivity contribution >= 4 is 9.84 Å². The number of halogens is 2. The highest BCUT2D eigenvalue weighted by molar-refractivity contribution is 7.90. The molecular weight excluding hydrogens is 284 g/mol. The van der Waals surface area contributed by atoms with Crippen molar-refractivity contribution in [1.29, 1.82) is 5.26 Å². The van der Waals surface area contributed by atoms with E-state index in [2.05, 4.69) is 0 Å². The van der Waals surface area contributed by atoms with Gasteiger partial charge >= 0.3 is 0 Å². The molecule has 0 radical (unpaired) electrons. The van der Waals surface area contributed by atoms with Gasteiger partial charge in [-0.15, -0.1) is 0 Å². The van der Waals surface area contributed by atoms with Gasteiger partial charge in [0.2, 0.25) is 0 Å². The number of sulfone groups is 1. The fraction of sp³-hybridized carbons (Fsp3) is 0.0714. The molecule has 6 heteroatoms. The molecule has 102 valence electrons. The standard InChI is InChI=1S/C14H9F2NO2S/c15-12-6-5-10(7-11(12)8-17)9-20(18,19)14-4-2-1-3-13(14)16/h1-7H,9H2. The largest absolute Gasteiger partial charge is 0.223 e. The quantitative estimate of drug-likeness (QED) is 0.874. The van der Waals surface area contributed by atoms with E-state index in [0.717, 1.165) is 18.2 Å². The van der Waals surface area contributed by atoms with Crippen LogP contribution in [0.4, 0.5) is 8.78 Å². The van der Waals surface area contributed by atoms with Crippen molar-refractivity contribution in [2.75, 3.05) is 0 Å². The molecule has 0 spiro atoms. The number of nitrogens with zero attached hydrogens (tertiary/aromatic N) is 1. The Morgan fingerprint density at radius 1 is 1.05 bits per heavy atom. The molecule has 0 unspecified atom stereocenters. The molecule has 0 aliphatic heterocycles. The van der Waals surface area contributed by atoms with Gasteiger partial charge in [-0.3, -0.25) is 0 Å². The van der Waals surface area contributed by atoms with Crippen LogP contribution in [0, 0.1) is 23.0 Å². The Morgan fingerprint density at radius 2 is 1.75 bits per heavy atom. The molecular formula is C14H9F2NO2S. The van der Waals surface area contributed by atoms with Crippen LogP contribution in [0.5, 0.6) is 0 Å². The third-order valence-electron chi connectivity index (χ3n) is 2.68. The summed E-state index contributed by atoms with van der Waals surface area (Å²) in [6.07, 6.45) is 0. The van der Waals surface area contributed by atoms with Gasteiger partial charge in [-0.05, 0) is 29.8 Å². The van der Waals surface area contributed by atoms with Crippen LogP contribution in [0.25, 0.3) is 0 Å². The van der Waals surface area contributed by atoms with Gasteiger partial charge in [0.25, 0.3) is 0 Å². The molecule has 0 aromatic heterocycles. The first-order chi connectivity index (χ1) is 9.44. The molecule has 0 fully saturated rings. The monoisotopic (exact) mass is 293 g/mol. The topological polar surface area (TPSA) is 57.9 Å². The minimum absolute atomic E-state index is 0.228. The van der Waals surface area contributed by atoms with Gasteiger partial charge in [0, 0.05) is 0 Å². The fourth-order valence-electron chi connectivity index (χ4n) is 1.74. The van der Waals surface area contributed by atoms with E-state index in [0.29, 0.717) is 0 Å². The number of rotatable bonds is 3. The van der Waals surface area contributed by atoms with Crippen molar-refractivity contribution in [2.24, 2.45) is 0 Å². The molecule has 0 bridgehead atoms. The van der Waals surface area contributed by atoms with Gasteiger partial charge in [-0.25, -0.2) is 17.2 Å². The molecule has 2 rings (SSSR count). The summed E-state index contributed by atoms with van der Waals surface area (Å²) in [6.45, 7) is 0.